The molecular weight excluding hydrogens is 324 g/mol. The van der Waals surface area contributed by atoms with Gasteiger partial charge in [0, 0.05) is 18.9 Å². The Labute approximate surface area is 143 Å². The highest BCUT2D eigenvalue weighted by atomic mass is 16.5. The summed E-state index contributed by atoms with van der Waals surface area (Å²) in [7, 11) is 0. The molecule has 0 saturated heterocycles. The van der Waals surface area contributed by atoms with Crippen LogP contribution in [0.5, 0.6) is 11.6 Å². The average molecular weight is 340 g/mol. The quantitative estimate of drug-likeness (QED) is 0.602. The van der Waals surface area contributed by atoms with Crippen LogP contribution in [0.4, 0.5) is 0 Å². The number of rotatable bonds is 7. The summed E-state index contributed by atoms with van der Waals surface area (Å²) in [6, 6.07) is 6.66. The van der Waals surface area contributed by atoms with E-state index in [1.54, 1.807) is 35.1 Å². The van der Waals surface area contributed by atoms with Crippen molar-refractivity contribution in [2.75, 3.05) is 0 Å². The predicted molar refractivity (Wildman–Crippen MR) is 85.8 cm³/mol. The van der Waals surface area contributed by atoms with E-state index in [0.29, 0.717) is 18.1 Å². The van der Waals surface area contributed by atoms with Crippen molar-refractivity contribution in [1.29, 1.82) is 0 Å². The molecule has 3 rings (SSSR count). The van der Waals surface area contributed by atoms with Gasteiger partial charge in [0.1, 0.15) is 11.3 Å². The molecule has 0 aliphatic carbocycles. The Hall–Kier alpha value is -3.36. The van der Waals surface area contributed by atoms with E-state index in [1.807, 2.05) is 6.92 Å². The molecule has 0 unspecified atom stereocenters. The van der Waals surface area contributed by atoms with Crippen molar-refractivity contribution in [2.24, 2.45) is 0 Å². The summed E-state index contributed by atoms with van der Waals surface area (Å²) in [6.07, 6.45) is 5.56. The zero-order valence-corrected chi connectivity index (χ0v) is 13.6. The number of aryl methyl sites for hydroxylation is 1. The maximum Gasteiger partial charge on any atom is 0.344 e. The largest absolute Gasteiger partial charge is 0.454 e. The molecule has 0 aliphatic heterocycles. The summed E-state index contributed by atoms with van der Waals surface area (Å²) in [6.45, 7) is 2.63. The molecule has 0 radical (unpaired) electrons. The first-order valence-corrected chi connectivity index (χ1v) is 7.73. The molecule has 0 aromatic carbocycles. The van der Waals surface area contributed by atoms with Gasteiger partial charge in [-0.15, -0.1) is 5.10 Å². The van der Waals surface area contributed by atoms with Gasteiger partial charge in [-0.3, -0.25) is 4.98 Å². The van der Waals surface area contributed by atoms with Crippen LogP contribution in [-0.2, 0) is 17.9 Å². The van der Waals surface area contributed by atoms with Crippen molar-refractivity contribution in [3.8, 4) is 11.6 Å². The molecule has 3 aromatic heterocycles. The van der Waals surface area contributed by atoms with E-state index in [2.05, 4.69) is 25.5 Å². The molecule has 3 aromatic rings. The number of hydrogen-bond acceptors (Lipinski definition) is 8. The van der Waals surface area contributed by atoms with Gasteiger partial charge in [0.2, 0.25) is 5.88 Å². The molecule has 128 valence electrons. The number of aromatic nitrogens is 6. The Balaban J connectivity index is 1.71. The second-order valence-corrected chi connectivity index (χ2v) is 5.04. The number of hydrogen-bond donors (Lipinski definition) is 0. The van der Waals surface area contributed by atoms with Crippen molar-refractivity contribution in [3.05, 3.63) is 54.2 Å². The first-order chi connectivity index (χ1) is 12.3. The fourth-order valence-corrected chi connectivity index (χ4v) is 2.07. The van der Waals surface area contributed by atoms with Gasteiger partial charge in [0.25, 0.3) is 0 Å². The molecule has 9 nitrogen and oxygen atoms in total. The van der Waals surface area contributed by atoms with Crippen LogP contribution in [0, 0.1) is 0 Å². The Morgan fingerprint density at radius 1 is 1.24 bits per heavy atom. The van der Waals surface area contributed by atoms with Crippen molar-refractivity contribution >= 4 is 5.97 Å². The molecule has 9 heteroatoms. The minimum Gasteiger partial charge on any atom is -0.454 e. The van der Waals surface area contributed by atoms with Crippen LogP contribution in [-0.4, -0.2) is 36.1 Å². The number of tetrazole rings is 1. The fraction of sp³-hybridized carbons (Fsp3) is 0.250. The SMILES string of the molecule is CCCn1nnnc1COC(=O)c1cccnc1Oc1cccnc1. The van der Waals surface area contributed by atoms with Crippen LogP contribution in [0.2, 0.25) is 0 Å². The molecule has 0 N–H and O–H groups in total. The van der Waals surface area contributed by atoms with Crippen molar-refractivity contribution < 1.29 is 14.3 Å². The molecule has 0 atom stereocenters. The van der Waals surface area contributed by atoms with Crippen LogP contribution < -0.4 is 4.74 Å². The molecule has 0 fully saturated rings. The number of carbonyl (C=O) groups excluding carboxylic acids is 1. The first-order valence-electron chi connectivity index (χ1n) is 7.73. The number of esters is 1. The summed E-state index contributed by atoms with van der Waals surface area (Å²) < 4.78 is 12.5. The van der Waals surface area contributed by atoms with E-state index >= 15 is 0 Å². The molecule has 0 aliphatic rings. The summed E-state index contributed by atoms with van der Waals surface area (Å²) >= 11 is 0. The van der Waals surface area contributed by atoms with Gasteiger partial charge in [-0.2, -0.15) is 0 Å². The fourth-order valence-electron chi connectivity index (χ4n) is 2.07. The lowest BCUT2D eigenvalue weighted by atomic mass is 10.3. The average Bonchev–Trinajstić information content (AvgIpc) is 3.08. The Kier molecular flexibility index (Phi) is 5.25. The van der Waals surface area contributed by atoms with Gasteiger partial charge in [0.05, 0.1) is 6.20 Å². The summed E-state index contributed by atoms with van der Waals surface area (Å²) in [5.74, 6) is 0.530. The lowest BCUT2D eigenvalue weighted by molar-refractivity contribution is 0.0452. The molecule has 0 amide bonds. The molecule has 3 heterocycles. The second-order valence-electron chi connectivity index (χ2n) is 5.04. The zero-order chi connectivity index (χ0) is 17.5. The lowest BCUT2D eigenvalue weighted by Gasteiger charge is -2.09. The van der Waals surface area contributed by atoms with E-state index in [-0.39, 0.29) is 18.1 Å². The maximum absolute atomic E-state index is 12.4. The predicted octanol–water partition coefficient (Wildman–Crippen LogP) is 2.02. The third-order valence-corrected chi connectivity index (χ3v) is 3.21. The highest BCUT2D eigenvalue weighted by Crippen LogP contribution is 2.22. The summed E-state index contributed by atoms with van der Waals surface area (Å²) in [4.78, 5) is 20.4. The number of ether oxygens (including phenoxy) is 2. The highest BCUT2D eigenvalue weighted by Gasteiger charge is 2.17. The summed E-state index contributed by atoms with van der Waals surface area (Å²) in [5, 5.41) is 11.3. The van der Waals surface area contributed by atoms with Gasteiger partial charge >= 0.3 is 5.97 Å². The standard InChI is InChI=1S/C16H16N6O3/c1-2-9-22-14(19-20-21-22)11-24-16(23)13-6-4-8-18-15(13)25-12-5-3-7-17-10-12/h3-8,10H,2,9,11H2,1H3. The van der Waals surface area contributed by atoms with Gasteiger partial charge in [-0.25, -0.2) is 14.5 Å². The molecule has 0 saturated carbocycles. The van der Waals surface area contributed by atoms with Crippen molar-refractivity contribution in [3.63, 3.8) is 0 Å². The molecule has 0 spiro atoms. The van der Waals surface area contributed by atoms with Gasteiger partial charge in [0.15, 0.2) is 12.4 Å². The number of nitrogens with zero attached hydrogens (tertiary/aromatic N) is 6. The van der Waals surface area contributed by atoms with E-state index < -0.39 is 5.97 Å². The Bertz CT molecular complexity index is 837. The number of pyridine rings is 2. The van der Waals surface area contributed by atoms with Gasteiger partial charge in [-0.05, 0) is 41.1 Å². The zero-order valence-electron chi connectivity index (χ0n) is 13.6. The molecular formula is C16H16N6O3. The normalized spacial score (nSPS) is 10.4. The highest BCUT2D eigenvalue weighted by molar-refractivity contribution is 5.91. The van der Waals surface area contributed by atoms with E-state index in [9.17, 15) is 4.79 Å². The third kappa shape index (κ3) is 4.14. The maximum atomic E-state index is 12.4. The minimum absolute atomic E-state index is 0.0347. The van der Waals surface area contributed by atoms with Crippen molar-refractivity contribution in [2.45, 2.75) is 26.5 Å². The van der Waals surface area contributed by atoms with Crippen LogP contribution in [0.15, 0.2) is 42.9 Å². The third-order valence-electron chi connectivity index (χ3n) is 3.21. The lowest BCUT2D eigenvalue weighted by Crippen LogP contribution is -2.12. The topological polar surface area (TPSA) is 105 Å². The van der Waals surface area contributed by atoms with E-state index in [4.69, 9.17) is 9.47 Å². The summed E-state index contributed by atoms with van der Waals surface area (Å²) in [5.41, 5.74) is 0.209. The molecule has 0 bridgehead atoms. The van der Waals surface area contributed by atoms with Crippen molar-refractivity contribution in [1.82, 2.24) is 30.2 Å². The van der Waals surface area contributed by atoms with E-state index in [0.717, 1.165) is 6.42 Å². The molecule has 25 heavy (non-hydrogen) atoms. The first kappa shape index (κ1) is 16.5. The monoisotopic (exact) mass is 340 g/mol. The van der Waals surface area contributed by atoms with Crippen LogP contribution >= 0.6 is 0 Å². The number of carbonyl (C=O) groups is 1. The second kappa shape index (κ2) is 7.95. The minimum atomic E-state index is -0.571. The van der Waals surface area contributed by atoms with Gasteiger partial charge in [-0.1, -0.05) is 6.92 Å². The van der Waals surface area contributed by atoms with Crippen LogP contribution in [0.1, 0.15) is 29.5 Å². The Morgan fingerprint density at radius 2 is 2.12 bits per heavy atom. The van der Waals surface area contributed by atoms with E-state index in [1.165, 1.54) is 12.4 Å². The smallest absolute Gasteiger partial charge is 0.344 e. The van der Waals surface area contributed by atoms with Crippen LogP contribution in [0.3, 0.4) is 0 Å². The van der Waals surface area contributed by atoms with Gasteiger partial charge < -0.3 is 9.47 Å². The van der Waals surface area contributed by atoms with Crippen LogP contribution in [0.25, 0.3) is 0 Å². The Morgan fingerprint density at radius 3 is 2.92 bits per heavy atom.